The number of alkyl halides is 3. The molecule has 1 aliphatic carbocycles. The van der Waals surface area contributed by atoms with Crippen LogP contribution in [-0.2, 0) is 11.8 Å². The maximum absolute atomic E-state index is 13.3. The summed E-state index contributed by atoms with van der Waals surface area (Å²) in [6, 6.07) is 7.45. The molecule has 18 heavy (non-hydrogen) atoms. The molecule has 1 aromatic heterocycles. The van der Waals surface area contributed by atoms with E-state index in [0.29, 0.717) is 12.1 Å². The predicted octanol–water partition coefficient (Wildman–Crippen LogP) is 4.32. The van der Waals surface area contributed by atoms with Gasteiger partial charge in [0.2, 0.25) is 0 Å². The highest BCUT2D eigenvalue weighted by Gasteiger charge is 2.54. The molecule has 3 rings (SSSR count). The van der Waals surface area contributed by atoms with Gasteiger partial charge in [-0.1, -0.05) is 18.2 Å². The Labute approximate surface area is 103 Å². The molecule has 1 atom stereocenters. The summed E-state index contributed by atoms with van der Waals surface area (Å²) in [7, 11) is 0. The number of para-hydroxylation sites is 1. The third-order valence-electron chi connectivity index (χ3n) is 4.09. The summed E-state index contributed by atoms with van der Waals surface area (Å²) in [6.07, 6.45) is -2.73. The molecule has 2 aromatic rings. The van der Waals surface area contributed by atoms with Crippen LogP contribution in [-0.4, -0.2) is 11.2 Å². The Morgan fingerprint density at radius 2 is 1.94 bits per heavy atom. The topological polar surface area (TPSA) is 15.8 Å². The third kappa shape index (κ3) is 1.41. The van der Waals surface area contributed by atoms with Crippen LogP contribution in [0.15, 0.2) is 24.3 Å². The molecule has 0 bridgehead atoms. The van der Waals surface area contributed by atoms with Gasteiger partial charge in [-0.25, -0.2) is 0 Å². The van der Waals surface area contributed by atoms with Crippen molar-refractivity contribution in [2.75, 3.05) is 0 Å². The van der Waals surface area contributed by atoms with E-state index in [1.165, 1.54) is 6.92 Å². The van der Waals surface area contributed by atoms with Gasteiger partial charge >= 0.3 is 6.18 Å². The first-order valence-electron chi connectivity index (χ1n) is 6.10. The number of hydrogen-bond acceptors (Lipinski definition) is 0. The lowest BCUT2D eigenvalue weighted by molar-refractivity contribution is -0.190. The van der Waals surface area contributed by atoms with Gasteiger partial charge < -0.3 is 4.98 Å². The van der Waals surface area contributed by atoms with Crippen LogP contribution >= 0.6 is 0 Å². The van der Waals surface area contributed by atoms with E-state index >= 15 is 0 Å². The molecular formula is C14H14F3N. The van der Waals surface area contributed by atoms with E-state index in [9.17, 15) is 13.2 Å². The SMILES string of the molecule is CC1(C(F)(F)F)CCCc2c1[nH]c1ccccc21. The minimum absolute atomic E-state index is 0.163. The minimum Gasteiger partial charge on any atom is -0.357 e. The van der Waals surface area contributed by atoms with Gasteiger partial charge in [0.1, 0.15) is 5.41 Å². The molecule has 0 saturated heterocycles. The summed E-state index contributed by atoms with van der Waals surface area (Å²) in [5, 5.41) is 0.933. The van der Waals surface area contributed by atoms with Gasteiger partial charge in [0.05, 0.1) is 0 Å². The second-order valence-corrected chi connectivity index (χ2v) is 5.21. The van der Waals surface area contributed by atoms with Crippen LogP contribution in [0.2, 0.25) is 0 Å². The molecule has 4 heteroatoms. The number of fused-ring (bicyclic) bond motifs is 3. The minimum atomic E-state index is -4.21. The summed E-state index contributed by atoms with van der Waals surface area (Å²) in [6.45, 7) is 1.31. The predicted molar refractivity (Wildman–Crippen MR) is 64.6 cm³/mol. The molecule has 0 spiro atoms. The van der Waals surface area contributed by atoms with Crippen molar-refractivity contribution < 1.29 is 13.2 Å². The van der Waals surface area contributed by atoms with Crippen molar-refractivity contribution in [3.8, 4) is 0 Å². The molecule has 0 radical (unpaired) electrons. The first-order valence-corrected chi connectivity index (χ1v) is 6.10. The van der Waals surface area contributed by atoms with Crippen molar-refractivity contribution in [3.05, 3.63) is 35.5 Å². The molecule has 0 fully saturated rings. The second kappa shape index (κ2) is 3.53. The Morgan fingerprint density at radius 3 is 2.67 bits per heavy atom. The summed E-state index contributed by atoms with van der Waals surface area (Å²) in [5.74, 6) is 0. The fourth-order valence-electron chi connectivity index (χ4n) is 2.96. The van der Waals surface area contributed by atoms with Gasteiger partial charge in [-0.05, 0) is 37.8 Å². The van der Waals surface area contributed by atoms with Crippen molar-refractivity contribution in [1.82, 2.24) is 4.98 Å². The molecule has 1 aromatic carbocycles. The summed E-state index contributed by atoms with van der Waals surface area (Å²) in [4.78, 5) is 2.99. The molecular weight excluding hydrogens is 239 g/mol. The Balaban J connectivity index is 2.29. The average molecular weight is 253 g/mol. The monoisotopic (exact) mass is 253 g/mol. The van der Waals surface area contributed by atoms with Gasteiger partial charge in [-0.15, -0.1) is 0 Å². The quantitative estimate of drug-likeness (QED) is 0.719. The summed E-state index contributed by atoms with van der Waals surface area (Å²) < 4.78 is 39.9. The molecule has 1 heterocycles. The number of aromatic nitrogens is 1. The maximum atomic E-state index is 13.3. The van der Waals surface area contributed by atoms with Crippen molar-refractivity contribution in [2.45, 2.75) is 37.8 Å². The molecule has 96 valence electrons. The standard InChI is InChI=1S/C14H14F3N/c1-13(14(15,16)17)8-4-6-10-9-5-2-3-7-11(9)18-12(10)13/h2-3,5,7,18H,4,6,8H2,1H3. The van der Waals surface area contributed by atoms with Crippen LogP contribution in [0.1, 0.15) is 31.0 Å². The number of hydrogen-bond donors (Lipinski definition) is 1. The second-order valence-electron chi connectivity index (χ2n) is 5.21. The van der Waals surface area contributed by atoms with Crippen LogP contribution in [0.4, 0.5) is 13.2 Å². The Morgan fingerprint density at radius 1 is 1.22 bits per heavy atom. The number of benzene rings is 1. The molecule has 0 aliphatic heterocycles. The fourth-order valence-corrected chi connectivity index (χ4v) is 2.96. The van der Waals surface area contributed by atoms with Crippen molar-refractivity contribution >= 4 is 10.9 Å². The third-order valence-corrected chi connectivity index (χ3v) is 4.09. The van der Waals surface area contributed by atoms with E-state index < -0.39 is 11.6 Å². The highest BCUT2D eigenvalue weighted by molar-refractivity contribution is 5.85. The van der Waals surface area contributed by atoms with Crippen LogP contribution in [0, 0.1) is 0 Å². The van der Waals surface area contributed by atoms with Gasteiger partial charge in [0, 0.05) is 16.6 Å². The highest BCUT2D eigenvalue weighted by Crippen LogP contribution is 2.49. The van der Waals surface area contributed by atoms with Crippen LogP contribution in [0.5, 0.6) is 0 Å². The van der Waals surface area contributed by atoms with E-state index in [1.807, 2.05) is 24.3 Å². The Bertz CT molecular complexity index is 597. The zero-order valence-corrected chi connectivity index (χ0v) is 10.1. The summed E-state index contributed by atoms with van der Waals surface area (Å²) in [5.41, 5.74) is 0.276. The van der Waals surface area contributed by atoms with E-state index in [-0.39, 0.29) is 6.42 Å². The Kier molecular flexibility index (Phi) is 2.28. The van der Waals surface area contributed by atoms with Gasteiger partial charge in [0.25, 0.3) is 0 Å². The number of aromatic amines is 1. The molecule has 0 saturated carbocycles. The molecule has 1 aliphatic rings. The van der Waals surface area contributed by atoms with Crippen LogP contribution in [0.25, 0.3) is 10.9 Å². The van der Waals surface area contributed by atoms with Gasteiger partial charge in [0.15, 0.2) is 0 Å². The Hall–Kier alpha value is -1.45. The molecule has 0 amide bonds. The smallest absolute Gasteiger partial charge is 0.357 e. The molecule has 1 N–H and O–H groups in total. The lowest BCUT2D eigenvalue weighted by Gasteiger charge is -2.35. The molecule has 1 nitrogen and oxygen atoms in total. The first-order chi connectivity index (χ1) is 8.43. The lowest BCUT2D eigenvalue weighted by atomic mass is 9.74. The number of nitrogens with one attached hydrogen (secondary N) is 1. The van der Waals surface area contributed by atoms with Gasteiger partial charge in [-0.2, -0.15) is 13.2 Å². The average Bonchev–Trinajstić information content (AvgIpc) is 2.68. The number of aryl methyl sites for hydroxylation is 1. The largest absolute Gasteiger partial charge is 0.399 e. The summed E-state index contributed by atoms with van der Waals surface area (Å²) >= 11 is 0. The fraction of sp³-hybridized carbons (Fsp3) is 0.429. The van der Waals surface area contributed by atoms with Crippen molar-refractivity contribution in [1.29, 1.82) is 0 Å². The number of H-pyrrole nitrogens is 1. The van der Waals surface area contributed by atoms with Crippen molar-refractivity contribution in [3.63, 3.8) is 0 Å². The molecule has 1 unspecified atom stereocenters. The van der Waals surface area contributed by atoms with Crippen LogP contribution < -0.4 is 0 Å². The maximum Gasteiger partial charge on any atom is 0.399 e. The lowest BCUT2D eigenvalue weighted by Crippen LogP contribution is -2.42. The van der Waals surface area contributed by atoms with E-state index in [4.69, 9.17) is 0 Å². The van der Waals surface area contributed by atoms with Gasteiger partial charge in [-0.3, -0.25) is 0 Å². The zero-order valence-electron chi connectivity index (χ0n) is 10.1. The number of halogens is 3. The van der Waals surface area contributed by atoms with E-state index in [2.05, 4.69) is 4.98 Å². The highest BCUT2D eigenvalue weighted by atomic mass is 19.4. The normalized spacial score (nSPS) is 24.2. The zero-order chi connectivity index (χ0) is 13.0. The van der Waals surface area contributed by atoms with Crippen molar-refractivity contribution in [2.24, 2.45) is 0 Å². The number of rotatable bonds is 0. The van der Waals surface area contributed by atoms with E-state index in [0.717, 1.165) is 22.9 Å². The van der Waals surface area contributed by atoms with Crippen LogP contribution in [0.3, 0.4) is 0 Å². The van der Waals surface area contributed by atoms with E-state index in [1.54, 1.807) is 0 Å². The first kappa shape index (κ1) is 11.6.